The highest BCUT2D eigenvalue weighted by molar-refractivity contribution is 4.96. The minimum atomic E-state index is 0.428. The molecule has 1 unspecified atom stereocenters. The van der Waals surface area contributed by atoms with Crippen LogP contribution in [0.2, 0.25) is 0 Å². The van der Waals surface area contributed by atoms with Gasteiger partial charge in [0.1, 0.15) is 0 Å². The molecule has 0 aliphatic heterocycles. The van der Waals surface area contributed by atoms with E-state index in [9.17, 15) is 0 Å². The van der Waals surface area contributed by atoms with E-state index in [0.717, 1.165) is 6.42 Å². The Morgan fingerprint density at radius 1 is 1.67 bits per heavy atom. The van der Waals surface area contributed by atoms with Crippen LogP contribution in [0.15, 0.2) is 12.5 Å². The second kappa shape index (κ2) is 4.26. The van der Waals surface area contributed by atoms with E-state index in [1.54, 1.807) is 0 Å². The minimum Gasteiger partial charge on any atom is -0.331 e. The van der Waals surface area contributed by atoms with Gasteiger partial charge in [-0.2, -0.15) is 0 Å². The fraction of sp³-hybridized carbons (Fsp3) is 0.667. The third-order valence-electron chi connectivity index (χ3n) is 2.15. The number of aryl methyl sites for hydroxylation is 1. The summed E-state index contributed by atoms with van der Waals surface area (Å²) in [6.45, 7) is 4.94. The molecule has 3 heteroatoms. The largest absolute Gasteiger partial charge is 0.331 e. The van der Waals surface area contributed by atoms with E-state index in [-0.39, 0.29) is 0 Å². The topological polar surface area (TPSA) is 43.8 Å². The Morgan fingerprint density at radius 2 is 2.42 bits per heavy atom. The summed E-state index contributed by atoms with van der Waals surface area (Å²) in [5, 5.41) is 0. The number of hydrogen-bond donors (Lipinski definition) is 1. The van der Waals surface area contributed by atoms with E-state index < -0.39 is 0 Å². The number of aromatic nitrogens is 2. The normalized spacial score (nSPS) is 13.2. The fourth-order valence-corrected chi connectivity index (χ4v) is 1.46. The van der Waals surface area contributed by atoms with Crippen molar-refractivity contribution in [2.75, 3.05) is 6.54 Å². The maximum absolute atomic E-state index is 5.67. The lowest BCUT2D eigenvalue weighted by atomic mass is 10.1. The SMILES string of the molecule is CCCC(CN)n1cncc1C. The summed E-state index contributed by atoms with van der Waals surface area (Å²) < 4.78 is 2.16. The van der Waals surface area contributed by atoms with Gasteiger partial charge < -0.3 is 10.3 Å². The molecule has 68 valence electrons. The number of hydrogen-bond acceptors (Lipinski definition) is 2. The molecule has 1 rings (SSSR count). The molecule has 0 bridgehead atoms. The summed E-state index contributed by atoms with van der Waals surface area (Å²) in [5.74, 6) is 0. The predicted molar refractivity (Wildman–Crippen MR) is 50.0 cm³/mol. The van der Waals surface area contributed by atoms with Gasteiger partial charge in [-0.05, 0) is 13.3 Å². The van der Waals surface area contributed by atoms with Crippen molar-refractivity contribution in [3.8, 4) is 0 Å². The first-order valence-electron chi connectivity index (χ1n) is 4.48. The highest BCUT2D eigenvalue weighted by Crippen LogP contribution is 2.13. The maximum Gasteiger partial charge on any atom is 0.0951 e. The van der Waals surface area contributed by atoms with Crippen LogP contribution in [-0.2, 0) is 0 Å². The molecule has 0 aliphatic carbocycles. The lowest BCUT2D eigenvalue weighted by Gasteiger charge is -2.16. The van der Waals surface area contributed by atoms with Crippen LogP contribution in [0.5, 0.6) is 0 Å². The molecule has 0 aliphatic rings. The van der Waals surface area contributed by atoms with E-state index in [1.807, 2.05) is 12.5 Å². The molecular weight excluding hydrogens is 150 g/mol. The Bertz CT molecular complexity index is 229. The van der Waals surface area contributed by atoms with E-state index in [2.05, 4.69) is 23.4 Å². The van der Waals surface area contributed by atoms with Crippen LogP contribution in [0.25, 0.3) is 0 Å². The third kappa shape index (κ3) is 1.85. The summed E-state index contributed by atoms with van der Waals surface area (Å²) in [6, 6.07) is 0.428. The molecule has 2 N–H and O–H groups in total. The average molecular weight is 167 g/mol. The van der Waals surface area contributed by atoms with Crippen LogP contribution in [0.1, 0.15) is 31.5 Å². The first-order chi connectivity index (χ1) is 5.79. The first kappa shape index (κ1) is 9.26. The number of imidazole rings is 1. The smallest absolute Gasteiger partial charge is 0.0951 e. The van der Waals surface area contributed by atoms with Crippen molar-refractivity contribution in [3.63, 3.8) is 0 Å². The molecule has 3 nitrogen and oxygen atoms in total. The third-order valence-corrected chi connectivity index (χ3v) is 2.15. The Kier molecular flexibility index (Phi) is 3.29. The highest BCUT2D eigenvalue weighted by atomic mass is 15.1. The van der Waals surface area contributed by atoms with E-state index in [1.165, 1.54) is 12.1 Å². The highest BCUT2D eigenvalue weighted by Gasteiger charge is 2.08. The van der Waals surface area contributed by atoms with Gasteiger partial charge in [-0.15, -0.1) is 0 Å². The molecule has 1 aromatic rings. The summed E-state index contributed by atoms with van der Waals surface area (Å²) in [6.07, 6.45) is 6.04. The van der Waals surface area contributed by atoms with Gasteiger partial charge in [-0.1, -0.05) is 13.3 Å². The van der Waals surface area contributed by atoms with Crippen molar-refractivity contribution >= 4 is 0 Å². The Hall–Kier alpha value is -0.830. The lowest BCUT2D eigenvalue weighted by molar-refractivity contribution is 0.462. The van der Waals surface area contributed by atoms with E-state index >= 15 is 0 Å². The van der Waals surface area contributed by atoms with Crippen LogP contribution < -0.4 is 5.73 Å². The van der Waals surface area contributed by atoms with Crippen molar-refractivity contribution < 1.29 is 0 Å². The van der Waals surface area contributed by atoms with Gasteiger partial charge in [0.15, 0.2) is 0 Å². The molecule has 1 aromatic heterocycles. The van der Waals surface area contributed by atoms with E-state index in [4.69, 9.17) is 5.73 Å². The summed E-state index contributed by atoms with van der Waals surface area (Å²) >= 11 is 0. The van der Waals surface area contributed by atoms with Gasteiger partial charge in [-0.3, -0.25) is 0 Å². The standard InChI is InChI=1S/C9H17N3/c1-3-4-9(5-10)12-7-11-6-8(12)2/h6-7,9H,3-5,10H2,1-2H3. The second-order valence-corrected chi connectivity index (χ2v) is 3.12. The van der Waals surface area contributed by atoms with Crippen molar-refractivity contribution in [3.05, 3.63) is 18.2 Å². The van der Waals surface area contributed by atoms with Crippen LogP contribution >= 0.6 is 0 Å². The lowest BCUT2D eigenvalue weighted by Crippen LogP contribution is -2.19. The molecule has 0 spiro atoms. The molecular formula is C9H17N3. The molecule has 0 radical (unpaired) electrons. The predicted octanol–water partition coefficient (Wildman–Crippen LogP) is 1.49. The molecule has 0 aromatic carbocycles. The molecule has 1 atom stereocenters. The monoisotopic (exact) mass is 167 g/mol. The molecule has 12 heavy (non-hydrogen) atoms. The summed E-state index contributed by atoms with van der Waals surface area (Å²) in [4.78, 5) is 4.08. The maximum atomic E-state index is 5.67. The molecule has 1 heterocycles. The van der Waals surface area contributed by atoms with Crippen molar-refractivity contribution in [1.82, 2.24) is 9.55 Å². The zero-order chi connectivity index (χ0) is 8.97. The minimum absolute atomic E-state index is 0.428. The first-order valence-corrected chi connectivity index (χ1v) is 4.48. The van der Waals surface area contributed by atoms with Gasteiger partial charge in [0.05, 0.1) is 6.33 Å². The summed E-state index contributed by atoms with van der Waals surface area (Å²) in [7, 11) is 0. The molecule has 0 saturated heterocycles. The van der Waals surface area contributed by atoms with Crippen molar-refractivity contribution in [2.24, 2.45) is 5.73 Å². The number of rotatable bonds is 4. The van der Waals surface area contributed by atoms with Crippen molar-refractivity contribution in [2.45, 2.75) is 32.7 Å². The zero-order valence-corrected chi connectivity index (χ0v) is 7.83. The fourth-order valence-electron chi connectivity index (χ4n) is 1.46. The van der Waals surface area contributed by atoms with Crippen molar-refractivity contribution in [1.29, 1.82) is 0 Å². The Labute approximate surface area is 73.6 Å². The van der Waals surface area contributed by atoms with Gasteiger partial charge in [0.2, 0.25) is 0 Å². The molecule has 0 amide bonds. The van der Waals surface area contributed by atoms with Gasteiger partial charge >= 0.3 is 0 Å². The van der Waals surface area contributed by atoms with E-state index in [0.29, 0.717) is 12.6 Å². The van der Waals surface area contributed by atoms with Crippen LogP contribution in [-0.4, -0.2) is 16.1 Å². The quantitative estimate of drug-likeness (QED) is 0.738. The van der Waals surface area contributed by atoms with Gasteiger partial charge in [-0.25, -0.2) is 4.98 Å². The number of nitrogens with zero attached hydrogens (tertiary/aromatic N) is 2. The molecule has 0 fully saturated rings. The van der Waals surface area contributed by atoms with Crippen LogP contribution in [0, 0.1) is 6.92 Å². The summed E-state index contributed by atoms with van der Waals surface area (Å²) in [5.41, 5.74) is 6.86. The Balaban J connectivity index is 2.72. The average Bonchev–Trinajstić information content (AvgIpc) is 2.47. The van der Waals surface area contributed by atoms with Crippen LogP contribution in [0.4, 0.5) is 0 Å². The zero-order valence-electron chi connectivity index (χ0n) is 7.83. The molecule has 0 saturated carbocycles. The second-order valence-electron chi connectivity index (χ2n) is 3.12. The van der Waals surface area contributed by atoms with Gasteiger partial charge in [0, 0.05) is 24.5 Å². The Morgan fingerprint density at radius 3 is 2.83 bits per heavy atom. The van der Waals surface area contributed by atoms with Gasteiger partial charge in [0.25, 0.3) is 0 Å². The van der Waals surface area contributed by atoms with Crippen LogP contribution in [0.3, 0.4) is 0 Å². The number of nitrogens with two attached hydrogens (primary N) is 1.